The van der Waals surface area contributed by atoms with Crippen molar-refractivity contribution in [3.8, 4) is 34.1 Å². The Balaban J connectivity index is 1.42. The molecule has 9 nitrogen and oxygen atoms in total. The molecule has 0 bridgehead atoms. The van der Waals surface area contributed by atoms with Crippen LogP contribution in [0.2, 0.25) is 0 Å². The first-order chi connectivity index (χ1) is 19.1. The van der Waals surface area contributed by atoms with Crippen LogP contribution in [0, 0.1) is 12.3 Å². The van der Waals surface area contributed by atoms with E-state index in [-0.39, 0.29) is 11.3 Å². The van der Waals surface area contributed by atoms with Gasteiger partial charge in [0.15, 0.2) is 0 Å². The van der Waals surface area contributed by atoms with E-state index in [1.54, 1.807) is 11.1 Å². The summed E-state index contributed by atoms with van der Waals surface area (Å²) >= 11 is 0. The Morgan fingerprint density at radius 3 is 2.33 bits per heavy atom. The fourth-order valence-electron chi connectivity index (χ4n) is 5.19. The summed E-state index contributed by atoms with van der Waals surface area (Å²) in [6, 6.07) is 17.8. The molecule has 2 N–H and O–H groups in total. The van der Waals surface area contributed by atoms with Gasteiger partial charge in [0.1, 0.15) is 23.5 Å². The van der Waals surface area contributed by atoms with E-state index in [9.17, 15) is 4.79 Å². The standard InChI is InChI=1S/C31H29N7O2/c1-18-14-15-33-30(36-18)40-23-12-8-20(9-13-23)24-25-27(32)34-17-35-28(25)37(5)26(24)21-6-10-22(11-7-21)38-16-31(3,4)19(2)29(38)39/h6-15,17H,2,16H2,1,3-5H3,(H2,32,34,35). The van der Waals surface area contributed by atoms with E-state index in [4.69, 9.17) is 10.5 Å². The first-order valence-corrected chi connectivity index (χ1v) is 12.9. The van der Waals surface area contributed by atoms with Crippen molar-refractivity contribution < 1.29 is 9.53 Å². The molecule has 0 radical (unpaired) electrons. The minimum absolute atomic E-state index is 0.0375. The Bertz CT molecular complexity index is 1790. The lowest BCUT2D eigenvalue weighted by Gasteiger charge is -2.20. The Labute approximate surface area is 232 Å². The number of nitrogens with zero attached hydrogens (tertiary/aromatic N) is 6. The number of hydrogen-bond donors (Lipinski definition) is 1. The normalized spacial score (nSPS) is 14.8. The molecule has 200 valence electrons. The maximum atomic E-state index is 12.9. The molecule has 1 aliphatic heterocycles. The van der Waals surface area contributed by atoms with Gasteiger partial charge in [-0.05, 0) is 48.4 Å². The van der Waals surface area contributed by atoms with Crippen LogP contribution in [0.3, 0.4) is 0 Å². The van der Waals surface area contributed by atoms with Gasteiger partial charge in [-0.3, -0.25) is 4.79 Å². The lowest BCUT2D eigenvalue weighted by Crippen LogP contribution is -2.25. The molecule has 5 aromatic rings. The zero-order chi connectivity index (χ0) is 28.2. The highest BCUT2D eigenvalue weighted by Crippen LogP contribution is 2.43. The summed E-state index contributed by atoms with van der Waals surface area (Å²) in [5, 5.41) is 0.771. The average molecular weight is 532 g/mol. The fourth-order valence-corrected chi connectivity index (χ4v) is 5.19. The van der Waals surface area contributed by atoms with E-state index < -0.39 is 0 Å². The average Bonchev–Trinajstić information content (AvgIpc) is 3.35. The third-order valence-corrected chi connectivity index (χ3v) is 7.45. The third-order valence-electron chi connectivity index (χ3n) is 7.45. The molecule has 0 atom stereocenters. The van der Waals surface area contributed by atoms with Gasteiger partial charge in [-0.2, -0.15) is 0 Å². The van der Waals surface area contributed by atoms with Crippen LogP contribution >= 0.6 is 0 Å². The Morgan fingerprint density at radius 2 is 1.68 bits per heavy atom. The molecular formula is C31H29N7O2. The van der Waals surface area contributed by atoms with Crippen LogP contribution < -0.4 is 15.4 Å². The number of nitrogen functional groups attached to an aromatic ring is 1. The van der Waals surface area contributed by atoms with Crippen molar-refractivity contribution in [3.05, 3.63) is 85.0 Å². The van der Waals surface area contributed by atoms with Crippen molar-refractivity contribution in [1.29, 1.82) is 0 Å². The summed E-state index contributed by atoms with van der Waals surface area (Å²) in [7, 11) is 1.96. The van der Waals surface area contributed by atoms with Crippen LogP contribution in [0.25, 0.3) is 33.4 Å². The zero-order valence-corrected chi connectivity index (χ0v) is 22.8. The van der Waals surface area contributed by atoms with E-state index in [1.165, 1.54) is 6.33 Å². The molecule has 9 heteroatoms. The van der Waals surface area contributed by atoms with Crippen molar-refractivity contribution in [2.45, 2.75) is 20.8 Å². The number of anilines is 2. The number of rotatable bonds is 5. The summed E-state index contributed by atoms with van der Waals surface area (Å²) in [6.45, 7) is 10.6. The van der Waals surface area contributed by atoms with E-state index in [0.717, 1.165) is 44.8 Å². The molecule has 0 saturated carbocycles. The Hall–Kier alpha value is -5.05. The summed E-state index contributed by atoms with van der Waals surface area (Å²) in [6.07, 6.45) is 3.14. The predicted octanol–water partition coefficient (Wildman–Crippen LogP) is 5.70. The molecule has 2 aromatic carbocycles. The minimum Gasteiger partial charge on any atom is -0.424 e. The van der Waals surface area contributed by atoms with Crippen molar-refractivity contribution >= 4 is 28.4 Å². The minimum atomic E-state index is -0.268. The molecule has 4 heterocycles. The fraction of sp³-hybridized carbons (Fsp3) is 0.194. The summed E-state index contributed by atoms with van der Waals surface area (Å²) in [5.74, 6) is 0.976. The number of carbonyl (C=O) groups excluding carboxylic acids is 1. The van der Waals surface area contributed by atoms with E-state index in [1.807, 2.05) is 87.0 Å². The van der Waals surface area contributed by atoms with Crippen LogP contribution in [0.15, 0.2) is 79.3 Å². The molecule has 0 unspecified atom stereocenters. The highest BCUT2D eigenvalue weighted by molar-refractivity contribution is 6.10. The maximum absolute atomic E-state index is 12.9. The van der Waals surface area contributed by atoms with Crippen molar-refractivity contribution in [2.24, 2.45) is 12.5 Å². The molecule has 1 aliphatic rings. The monoisotopic (exact) mass is 531 g/mol. The first-order valence-electron chi connectivity index (χ1n) is 12.9. The SMILES string of the molecule is C=C1C(=O)N(c2ccc(-c3c(-c4ccc(Oc5nccc(C)n5)cc4)c4c(N)ncnc4n3C)cc2)CC1(C)C. The number of hydrogen-bond acceptors (Lipinski definition) is 7. The van der Waals surface area contributed by atoms with Gasteiger partial charge >= 0.3 is 6.01 Å². The molecule has 1 fully saturated rings. The van der Waals surface area contributed by atoms with Gasteiger partial charge in [0, 0.05) is 47.7 Å². The third kappa shape index (κ3) is 4.16. The number of aromatic nitrogens is 5. The number of ether oxygens (including phenoxy) is 1. The topological polar surface area (TPSA) is 112 Å². The Kier molecular flexibility index (Phi) is 5.87. The second-order valence-electron chi connectivity index (χ2n) is 10.6. The maximum Gasteiger partial charge on any atom is 0.322 e. The number of nitrogens with two attached hydrogens (primary N) is 1. The van der Waals surface area contributed by atoms with Crippen LogP contribution in [0.5, 0.6) is 11.8 Å². The van der Waals surface area contributed by atoms with Crippen LogP contribution in [-0.4, -0.2) is 37.0 Å². The van der Waals surface area contributed by atoms with Crippen LogP contribution in [-0.2, 0) is 11.8 Å². The molecule has 0 aliphatic carbocycles. The largest absolute Gasteiger partial charge is 0.424 e. The molecule has 3 aromatic heterocycles. The zero-order valence-electron chi connectivity index (χ0n) is 22.8. The summed E-state index contributed by atoms with van der Waals surface area (Å²) in [4.78, 5) is 32.0. The highest BCUT2D eigenvalue weighted by atomic mass is 16.5. The Morgan fingerprint density at radius 1 is 0.975 bits per heavy atom. The van der Waals surface area contributed by atoms with Gasteiger partial charge in [-0.25, -0.2) is 19.9 Å². The second-order valence-corrected chi connectivity index (χ2v) is 10.6. The van der Waals surface area contributed by atoms with Gasteiger partial charge in [0.05, 0.1) is 11.1 Å². The molecule has 1 saturated heterocycles. The second kappa shape index (κ2) is 9.30. The number of carbonyl (C=O) groups is 1. The van der Waals surface area contributed by atoms with Gasteiger partial charge in [-0.15, -0.1) is 0 Å². The molecule has 6 rings (SSSR count). The smallest absolute Gasteiger partial charge is 0.322 e. The quantitative estimate of drug-likeness (QED) is 0.289. The molecule has 0 spiro atoms. The number of fused-ring (bicyclic) bond motifs is 1. The number of amides is 1. The summed E-state index contributed by atoms with van der Waals surface area (Å²) in [5.41, 5.74) is 12.9. The van der Waals surface area contributed by atoms with Crippen molar-refractivity contribution in [2.75, 3.05) is 17.2 Å². The summed E-state index contributed by atoms with van der Waals surface area (Å²) < 4.78 is 7.88. The predicted molar refractivity (Wildman–Crippen MR) is 156 cm³/mol. The van der Waals surface area contributed by atoms with Crippen LogP contribution in [0.4, 0.5) is 11.5 Å². The molecule has 40 heavy (non-hydrogen) atoms. The molecule has 1 amide bonds. The van der Waals surface area contributed by atoms with E-state index in [0.29, 0.717) is 29.7 Å². The van der Waals surface area contributed by atoms with Gasteiger partial charge in [0.25, 0.3) is 5.91 Å². The van der Waals surface area contributed by atoms with Gasteiger partial charge in [0.2, 0.25) is 0 Å². The van der Waals surface area contributed by atoms with Crippen molar-refractivity contribution in [1.82, 2.24) is 24.5 Å². The molecular weight excluding hydrogens is 502 g/mol. The van der Waals surface area contributed by atoms with Crippen LogP contribution in [0.1, 0.15) is 19.5 Å². The number of benzene rings is 2. The highest BCUT2D eigenvalue weighted by Gasteiger charge is 2.40. The van der Waals surface area contributed by atoms with Gasteiger partial charge < -0.3 is 19.9 Å². The van der Waals surface area contributed by atoms with Crippen molar-refractivity contribution in [3.63, 3.8) is 0 Å². The lowest BCUT2D eigenvalue weighted by molar-refractivity contribution is -0.114. The lowest BCUT2D eigenvalue weighted by atomic mass is 9.88. The van der Waals surface area contributed by atoms with Gasteiger partial charge in [-0.1, -0.05) is 44.7 Å². The van der Waals surface area contributed by atoms with E-state index >= 15 is 0 Å². The number of aryl methyl sites for hydroxylation is 2. The first kappa shape index (κ1) is 25.2. The van der Waals surface area contributed by atoms with E-state index in [2.05, 4.69) is 26.5 Å².